The lowest BCUT2D eigenvalue weighted by molar-refractivity contribution is 0.560. The van der Waals surface area contributed by atoms with Crippen LogP contribution in [0.2, 0.25) is 0 Å². The summed E-state index contributed by atoms with van der Waals surface area (Å²) >= 11 is 0. The first kappa shape index (κ1) is 11.0. The van der Waals surface area contributed by atoms with Gasteiger partial charge in [-0.25, -0.2) is 9.78 Å². The summed E-state index contributed by atoms with van der Waals surface area (Å²) in [5.74, 6) is 0. The third-order valence-electron chi connectivity index (χ3n) is 3.32. The first-order valence-electron chi connectivity index (χ1n) is 6.29. The second kappa shape index (κ2) is 4.06. The number of hydrogen-bond acceptors (Lipinski definition) is 3. The molecule has 0 aliphatic rings. The number of hydrogen-bond donors (Lipinski definition) is 0. The van der Waals surface area contributed by atoms with Gasteiger partial charge in [0.15, 0.2) is 5.58 Å². The van der Waals surface area contributed by atoms with E-state index in [1.807, 2.05) is 52.9 Å². The highest BCUT2D eigenvalue weighted by atomic mass is 16.4. The molecule has 20 heavy (non-hydrogen) atoms. The van der Waals surface area contributed by atoms with Crippen molar-refractivity contribution in [2.24, 2.45) is 0 Å². The summed E-state index contributed by atoms with van der Waals surface area (Å²) in [5.41, 5.74) is 3.16. The molecule has 4 rings (SSSR count). The highest BCUT2D eigenvalue weighted by Gasteiger charge is 2.13. The Labute approximate surface area is 113 Å². The minimum atomic E-state index is -0.425. The molecule has 0 amide bonds. The van der Waals surface area contributed by atoms with Gasteiger partial charge < -0.3 is 4.42 Å². The van der Waals surface area contributed by atoms with E-state index < -0.39 is 5.63 Å². The third kappa shape index (κ3) is 1.48. The average Bonchev–Trinajstić information content (AvgIpc) is 2.94. The van der Waals surface area contributed by atoms with Crippen LogP contribution >= 0.6 is 0 Å². The van der Waals surface area contributed by atoms with Crippen molar-refractivity contribution in [3.8, 4) is 11.3 Å². The maximum atomic E-state index is 12.0. The van der Waals surface area contributed by atoms with E-state index in [0.29, 0.717) is 11.2 Å². The highest BCUT2D eigenvalue weighted by Crippen LogP contribution is 2.23. The van der Waals surface area contributed by atoms with Gasteiger partial charge in [0, 0.05) is 5.56 Å². The molecule has 0 unspecified atom stereocenters. The lowest BCUT2D eigenvalue weighted by Crippen LogP contribution is -2.05. The van der Waals surface area contributed by atoms with Crippen molar-refractivity contribution in [1.29, 1.82) is 0 Å². The lowest BCUT2D eigenvalue weighted by atomic mass is 10.2. The summed E-state index contributed by atoms with van der Waals surface area (Å²) in [5, 5.41) is 0. The van der Waals surface area contributed by atoms with Gasteiger partial charge in [-0.3, -0.25) is 4.40 Å². The van der Waals surface area contributed by atoms with Gasteiger partial charge in [-0.15, -0.1) is 0 Å². The van der Waals surface area contributed by atoms with Crippen LogP contribution in [0.4, 0.5) is 0 Å². The largest absolute Gasteiger partial charge is 0.418 e. The van der Waals surface area contributed by atoms with Gasteiger partial charge in [-0.2, -0.15) is 0 Å². The molecule has 0 aliphatic heterocycles. The van der Waals surface area contributed by atoms with E-state index in [0.717, 1.165) is 16.8 Å². The number of imidazole rings is 1. The van der Waals surface area contributed by atoms with Crippen molar-refractivity contribution in [3.63, 3.8) is 0 Å². The molecule has 4 aromatic rings. The molecule has 0 spiro atoms. The van der Waals surface area contributed by atoms with Crippen molar-refractivity contribution in [2.45, 2.75) is 0 Å². The molecule has 0 bridgehead atoms. The molecule has 0 aliphatic carbocycles. The van der Waals surface area contributed by atoms with E-state index in [2.05, 4.69) is 4.98 Å². The Bertz CT molecular complexity index is 968. The van der Waals surface area contributed by atoms with Gasteiger partial charge in [0.1, 0.15) is 0 Å². The zero-order chi connectivity index (χ0) is 13.5. The van der Waals surface area contributed by atoms with Gasteiger partial charge >= 0.3 is 5.63 Å². The summed E-state index contributed by atoms with van der Waals surface area (Å²) in [4.78, 5) is 16.2. The van der Waals surface area contributed by atoms with Gasteiger partial charge in [0.05, 0.1) is 17.4 Å². The lowest BCUT2D eigenvalue weighted by Gasteiger charge is -2.04. The first-order valence-corrected chi connectivity index (χ1v) is 6.29. The molecule has 2 heterocycles. The number of rotatable bonds is 1. The summed E-state index contributed by atoms with van der Waals surface area (Å²) in [6, 6.07) is 17.3. The minimum absolute atomic E-state index is 0.308. The SMILES string of the molecule is O=c1oc2ccccc2n2c(-c3ccccc3)cnc12. The highest BCUT2D eigenvalue weighted by molar-refractivity contribution is 5.79. The van der Waals surface area contributed by atoms with Crippen LogP contribution in [0.3, 0.4) is 0 Å². The van der Waals surface area contributed by atoms with Crippen molar-refractivity contribution >= 4 is 16.7 Å². The van der Waals surface area contributed by atoms with Crippen LogP contribution in [0, 0.1) is 0 Å². The van der Waals surface area contributed by atoms with Crippen LogP contribution in [0.25, 0.3) is 28.0 Å². The second-order valence-corrected chi connectivity index (χ2v) is 4.53. The second-order valence-electron chi connectivity index (χ2n) is 4.53. The van der Waals surface area contributed by atoms with E-state index in [9.17, 15) is 4.79 Å². The fourth-order valence-corrected chi connectivity index (χ4v) is 2.43. The van der Waals surface area contributed by atoms with Crippen LogP contribution in [-0.4, -0.2) is 9.38 Å². The van der Waals surface area contributed by atoms with E-state index in [-0.39, 0.29) is 0 Å². The summed E-state index contributed by atoms with van der Waals surface area (Å²) in [6.07, 6.45) is 1.70. The zero-order valence-corrected chi connectivity index (χ0v) is 10.5. The van der Waals surface area contributed by atoms with Crippen LogP contribution in [0.1, 0.15) is 0 Å². The van der Waals surface area contributed by atoms with Gasteiger partial charge in [-0.1, -0.05) is 42.5 Å². The monoisotopic (exact) mass is 262 g/mol. The smallest absolute Gasteiger partial charge is 0.380 e. The van der Waals surface area contributed by atoms with Gasteiger partial charge in [0.25, 0.3) is 0 Å². The summed E-state index contributed by atoms with van der Waals surface area (Å²) in [7, 11) is 0. The van der Waals surface area contributed by atoms with Crippen LogP contribution in [0.5, 0.6) is 0 Å². The van der Waals surface area contributed by atoms with E-state index >= 15 is 0 Å². The van der Waals surface area contributed by atoms with Gasteiger partial charge in [-0.05, 0) is 12.1 Å². The van der Waals surface area contributed by atoms with Crippen molar-refractivity contribution < 1.29 is 4.42 Å². The minimum Gasteiger partial charge on any atom is -0.418 e. The Balaban J connectivity index is 2.22. The number of benzene rings is 2. The number of para-hydroxylation sites is 2. The predicted octanol–water partition coefficient (Wildman–Crippen LogP) is 3.11. The summed E-state index contributed by atoms with van der Waals surface area (Å²) < 4.78 is 7.13. The fraction of sp³-hybridized carbons (Fsp3) is 0. The molecule has 96 valence electrons. The molecule has 4 nitrogen and oxygen atoms in total. The summed E-state index contributed by atoms with van der Waals surface area (Å²) in [6.45, 7) is 0. The maximum Gasteiger partial charge on any atom is 0.380 e. The molecule has 0 saturated heterocycles. The molecule has 0 atom stereocenters. The zero-order valence-electron chi connectivity index (χ0n) is 10.5. The van der Waals surface area contributed by atoms with Crippen LogP contribution in [-0.2, 0) is 0 Å². The molecule has 4 heteroatoms. The Morgan fingerprint density at radius 2 is 1.70 bits per heavy atom. The third-order valence-corrected chi connectivity index (χ3v) is 3.32. The van der Waals surface area contributed by atoms with Gasteiger partial charge in [0.2, 0.25) is 5.65 Å². The normalized spacial score (nSPS) is 11.2. The number of aromatic nitrogens is 2. The van der Waals surface area contributed by atoms with Crippen molar-refractivity contribution in [3.05, 3.63) is 71.2 Å². The fourth-order valence-electron chi connectivity index (χ4n) is 2.43. The van der Waals surface area contributed by atoms with E-state index in [1.165, 1.54) is 0 Å². The molecule has 0 radical (unpaired) electrons. The number of fused-ring (bicyclic) bond motifs is 3. The quantitative estimate of drug-likeness (QED) is 0.529. The van der Waals surface area contributed by atoms with Crippen LogP contribution in [0.15, 0.2) is 70.0 Å². The Morgan fingerprint density at radius 3 is 2.55 bits per heavy atom. The van der Waals surface area contributed by atoms with Crippen LogP contribution < -0.4 is 5.63 Å². The maximum absolute atomic E-state index is 12.0. The standard InChI is InChI=1S/C16H10N2O2/c19-16-15-17-10-13(11-6-2-1-3-7-11)18(15)12-8-4-5-9-14(12)20-16/h1-10H. The average molecular weight is 262 g/mol. The van der Waals surface area contributed by atoms with E-state index in [4.69, 9.17) is 4.42 Å². The molecule has 0 N–H and O–H groups in total. The van der Waals surface area contributed by atoms with E-state index in [1.54, 1.807) is 12.3 Å². The molecule has 2 aromatic carbocycles. The van der Waals surface area contributed by atoms with Crippen molar-refractivity contribution in [2.75, 3.05) is 0 Å². The molecule has 0 saturated carbocycles. The Morgan fingerprint density at radius 1 is 0.950 bits per heavy atom. The molecular weight excluding hydrogens is 252 g/mol. The Hall–Kier alpha value is -2.88. The molecule has 2 aromatic heterocycles. The molecular formula is C16H10N2O2. The number of nitrogens with zero attached hydrogens (tertiary/aromatic N) is 2. The Kier molecular flexibility index (Phi) is 2.23. The first-order chi connectivity index (χ1) is 9.84. The van der Waals surface area contributed by atoms with Crippen molar-refractivity contribution in [1.82, 2.24) is 9.38 Å². The topological polar surface area (TPSA) is 47.5 Å². The predicted molar refractivity (Wildman–Crippen MR) is 76.7 cm³/mol. The molecule has 0 fully saturated rings.